The van der Waals surface area contributed by atoms with Crippen LogP contribution in [0.15, 0.2) is 73.1 Å². The van der Waals surface area contributed by atoms with E-state index < -0.39 is 5.60 Å². The summed E-state index contributed by atoms with van der Waals surface area (Å²) in [6, 6.07) is 20.6. The van der Waals surface area contributed by atoms with Gasteiger partial charge in [-0.15, -0.1) is 0 Å². The molecular weight excluding hydrogens is 458 g/mol. The minimum atomic E-state index is -1.13. The van der Waals surface area contributed by atoms with Crippen LogP contribution in [0.2, 0.25) is 0 Å². The number of hydrogen-bond donors (Lipinski definition) is 0. The van der Waals surface area contributed by atoms with E-state index in [0.717, 1.165) is 77.4 Å². The van der Waals surface area contributed by atoms with Gasteiger partial charge in [0.1, 0.15) is 5.69 Å². The van der Waals surface area contributed by atoms with Crippen molar-refractivity contribution in [1.29, 1.82) is 0 Å². The quantitative estimate of drug-likeness (QED) is 0.213. The molecule has 5 nitrogen and oxygen atoms in total. The summed E-state index contributed by atoms with van der Waals surface area (Å²) in [5.41, 5.74) is 5.52. The summed E-state index contributed by atoms with van der Waals surface area (Å²) < 4.78 is 11.3. The van der Waals surface area contributed by atoms with Crippen LogP contribution < -0.4 is 0 Å². The molecule has 3 aromatic heterocycles. The second kappa shape index (κ2) is 9.22. The maximum Gasteiger partial charge on any atom is 0.341 e. The molecule has 0 fully saturated rings. The molecule has 188 valence electrons. The van der Waals surface area contributed by atoms with Crippen molar-refractivity contribution < 1.29 is 9.53 Å². The number of ether oxygens (including phenoxy) is 1. The number of rotatable bonds is 8. The fraction of sp³-hybridized carbons (Fsp3) is 0.312. The van der Waals surface area contributed by atoms with Gasteiger partial charge in [-0.1, -0.05) is 63.1 Å². The van der Waals surface area contributed by atoms with Gasteiger partial charge in [0.2, 0.25) is 5.60 Å². The number of nitrogens with zero attached hydrogens (tertiary/aromatic N) is 3. The first-order valence-electron chi connectivity index (χ1n) is 13.5. The molecule has 5 aromatic rings. The van der Waals surface area contributed by atoms with Crippen molar-refractivity contribution in [3.8, 4) is 0 Å². The van der Waals surface area contributed by atoms with E-state index in [1.54, 1.807) is 6.20 Å². The summed E-state index contributed by atoms with van der Waals surface area (Å²) >= 11 is 0. The molecule has 4 heterocycles. The standard InChI is InChI=1S/C32H33N3O2/c1-4-6-19-34-21-26(23-13-8-10-16-27(23)34)32(30-25(31(36)37-32)15-12-18-33-30)29-22(3)35(20-7-5-2)28-17-11-9-14-24(28)29/h8-18,21H,4-7,19-20H2,1-3H3. The normalized spacial score (nSPS) is 17.0. The molecule has 5 heteroatoms. The third-order valence-corrected chi connectivity index (χ3v) is 7.85. The molecule has 0 radical (unpaired) electrons. The highest BCUT2D eigenvalue weighted by molar-refractivity contribution is 6.00. The molecule has 0 amide bonds. The molecule has 0 saturated carbocycles. The summed E-state index contributed by atoms with van der Waals surface area (Å²) in [4.78, 5) is 18.3. The van der Waals surface area contributed by atoms with Gasteiger partial charge in [-0.2, -0.15) is 0 Å². The van der Waals surface area contributed by atoms with Crippen LogP contribution in [-0.4, -0.2) is 20.1 Å². The third-order valence-electron chi connectivity index (χ3n) is 7.85. The van der Waals surface area contributed by atoms with Crippen LogP contribution in [0.4, 0.5) is 0 Å². The van der Waals surface area contributed by atoms with Gasteiger partial charge < -0.3 is 13.9 Å². The summed E-state index contributed by atoms with van der Waals surface area (Å²) in [7, 11) is 0. The van der Waals surface area contributed by atoms with E-state index in [2.05, 4.69) is 84.6 Å². The number of cyclic esters (lactones) is 1. The maximum absolute atomic E-state index is 13.5. The molecular formula is C32H33N3O2. The Morgan fingerprint density at radius 2 is 1.57 bits per heavy atom. The first-order chi connectivity index (χ1) is 18.1. The lowest BCUT2D eigenvalue weighted by Gasteiger charge is -2.29. The van der Waals surface area contributed by atoms with E-state index in [0.29, 0.717) is 11.3 Å². The van der Waals surface area contributed by atoms with Gasteiger partial charge in [0.15, 0.2) is 0 Å². The molecule has 0 aliphatic carbocycles. The second-order valence-corrected chi connectivity index (χ2v) is 10.1. The Bertz CT molecular complexity index is 1630. The average Bonchev–Trinajstić information content (AvgIpc) is 3.54. The largest absolute Gasteiger partial charge is 0.439 e. The highest BCUT2D eigenvalue weighted by atomic mass is 16.6. The number of carbonyl (C=O) groups is 1. The lowest BCUT2D eigenvalue weighted by Crippen LogP contribution is -2.31. The fourth-order valence-electron chi connectivity index (χ4n) is 6.10. The van der Waals surface area contributed by atoms with Gasteiger partial charge in [0.05, 0.1) is 5.56 Å². The Kier molecular flexibility index (Phi) is 5.86. The molecule has 2 aromatic carbocycles. The fourth-order valence-corrected chi connectivity index (χ4v) is 6.10. The highest BCUT2D eigenvalue weighted by Gasteiger charge is 2.53. The third kappa shape index (κ3) is 3.44. The zero-order chi connectivity index (χ0) is 25.6. The SMILES string of the molecule is CCCCn1cc(C2(c3c(C)n(CCCC)c4ccccc34)OC(=O)c3cccnc32)c2ccccc21. The summed E-state index contributed by atoms with van der Waals surface area (Å²) in [5.74, 6) is -0.321. The second-order valence-electron chi connectivity index (χ2n) is 10.1. The number of aryl methyl sites for hydroxylation is 2. The molecule has 1 atom stereocenters. The minimum Gasteiger partial charge on any atom is -0.439 e. The van der Waals surface area contributed by atoms with Crippen LogP contribution in [0.3, 0.4) is 0 Å². The Morgan fingerprint density at radius 3 is 2.35 bits per heavy atom. The number of carbonyl (C=O) groups excluding carboxylic acids is 1. The predicted molar refractivity (Wildman–Crippen MR) is 148 cm³/mol. The topological polar surface area (TPSA) is 49.0 Å². The Morgan fingerprint density at radius 1 is 0.865 bits per heavy atom. The van der Waals surface area contributed by atoms with Gasteiger partial charge in [-0.3, -0.25) is 4.98 Å². The molecule has 1 unspecified atom stereocenters. The number of unbranched alkanes of at least 4 members (excludes halogenated alkanes) is 2. The van der Waals surface area contributed by atoms with E-state index in [9.17, 15) is 4.79 Å². The Balaban J connectivity index is 1.74. The zero-order valence-electron chi connectivity index (χ0n) is 21.8. The molecule has 0 bridgehead atoms. The molecule has 0 saturated heterocycles. The predicted octanol–water partition coefficient (Wildman–Crippen LogP) is 7.36. The van der Waals surface area contributed by atoms with Crippen LogP contribution in [0, 0.1) is 6.92 Å². The van der Waals surface area contributed by atoms with E-state index >= 15 is 0 Å². The minimum absolute atomic E-state index is 0.321. The van der Waals surface area contributed by atoms with Gasteiger partial charge >= 0.3 is 5.97 Å². The molecule has 1 aliphatic heterocycles. The highest BCUT2D eigenvalue weighted by Crippen LogP contribution is 2.52. The van der Waals surface area contributed by atoms with Crippen LogP contribution in [0.1, 0.15) is 72.4 Å². The maximum atomic E-state index is 13.5. The van der Waals surface area contributed by atoms with Crippen LogP contribution in [-0.2, 0) is 23.4 Å². The van der Waals surface area contributed by atoms with Crippen molar-refractivity contribution in [2.75, 3.05) is 0 Å². The van der Waals surface area contributed by atoms with Crippen molar-refractivity contribution in [2.24, 2.45) is 0 Å². The van der Waals surface area contributed by atoms with E-state index in [1.165, 1.54) is 0 Å². The van der Waals surface area contributed by atoms with Crippen molar-refractivity contribution >= 4 is 27.8 Å². The van der Waals surface area contributed by atoms with Gasteiger partial charge in [-0.25, -0.2) is 4.79 Å². The zero-order valence-corrected chi connectivity index (χ0v) is 21.8. The van der Waals surface area contributed by atoms with Crippen LogP contribution >= 0.6 is 0 Å². The molecule has 6 rings (SSSR count). The van der Waals surface area contributed by atoms with Crippen molar-refractivity contribution in [1.82, 2.24) is 14.1 Å². The lowest BCUT2D eigenvalue weighted by molar-refractivity contribution is 0.0249. The van der Waals surface area contributed by atoms with Crippen LogP contribution in [0.5, 0.6) is 0 Å². The van der Waals surface area contributed by atoms with Crippen LogP contribution in [0.25, 0.3) is 21.8 Å². The number of fused-ring (bicyclic) bond motifs is 3. The monoisotopic (exact) mass is 491 g/mol. The first-order valence-corrected chi connectivity index (χ1v) is 13.5. The molecule has 1 aliphatic rings. The van der Waals surface area contributed by atoms with Gasteiger partial charge in [0, 0.05) is 64.1 Å². The lowest BCUT2D eigenvalue weighted by atomic mass is 9.81. The van der Waals surface area contributed by atoms with Crippen molar-refractivity contribution in [3.05, 3.63) is 101 Å². The summed E-state index contributed by atoms with van der Waals surface area (Å²) in [5, 5.41) is 2.20. The Labute approximate surface area is 217 Å². The average molecular weight is 492 g/mol. The summed E-state index contributed by atoms with van der Waals surface area (Å²) in [6.45, 7) is 8.42. The first kappa shape index (κ1) is 23.5. The number of para-hydroxylation sites is 2. The van der Waals surface area contributed by atoms with Gasteiger partial charge in [-0.05, 0) is 44.0 Å². The van der Waals surface area contributed by atoms with E-state index in [-0.39, 0.29) is 5.97 Å². The van der Waals surface area contributed by atoms with E-state index in [4.69, 9.17) is 9.72 Å². The van der Waals surface area contributed by atoms with Gasteiger partial charge in [0.25, 0.3) is 0 Å². The molecule has 0 N–H and O–H groups in total. The smallest absolute Gasteiger partial charge is 0.341 e. The van der Waals surface area contributed by atoms with Crippen molar-refractivity contribution in [3.63, 3.8) is 0 Å². The van der Waals surface area contributed by atoms with E-state index in [1.807, 2.05) is 12.1 Å². The number of benzene rings is 2. The summed E-state index contributed by atoms with van der Waals surface area (Å²) in [6.07, 6.45) is 8.35. The number of aromatic nitrogens is 3. The number of esters is 1. The van der Waals surface area contributed by atoms with Crippen molar-refractivity contribution in [2.45, 2.75) is 65.1 Å². The number of hydrogen-bond acceptors (Lipinski definition) is 3. The number of pyridine rings is 1. The Hall–Kier alpha value is -3.86. The molecule has 0 spiro atoms. The molecule has 37 heavy (non-hydrogen) atoms.